The summed E-state index contributed by atoms with van der Waals surface area (Å²) in [5, 5.41) is 21.3. The molecule has 3 heterocycles. The van der Waals surface area contributed by atoms with Crippen molar-refractivity contribution in [1.82, 2.24) is 36.0 Å². The number of rotatable bonds is 19. The Bertz CT molecular complexity index is 1950. The molecule has 63 heavy (non-hydrogen) atoms. The second-order valence-corrected chi connectivity index (χ2v) is 17.6. The van der Waals surface area contributed by atoms with Gasteiger partial charge in [-0.15, -0.1) is 0 Å². The smallest absolute Gasteiger partial charge is 0.326 e. The maximum Gasteiger partial charge on any atom is 0.326 e. The van der Waals surface area contributed by atoms with E-state index in [0.29, 0.717) is 45.1 Å². The highest BCUT2D eigenvalue weighted by Crippen LogP contribution is 2.24. The lowest BCUT2D eigenvalue weighted by Gasteiger charge is -2.33. The van der Waals surface area contributed by atoms with Gasteiger partial charge in [-0.05, 0) is 67.9 Å². The number of amides is 7. The lowest BCUT2D eigenvalue weighted by Crippen LogP contribution is -2.60. The van der Waals surface area contributed by atoms with Gasteiger partial charge < -0.3 is 46.8 Å². The van der Waals surface area contributed by atoms with Crippen molar-refractivity contribution < 1.29 is 43.5 Å². The molecule has 7 amide bonds. The Labute approximate surface area is 369 Å². The van der Waals surface area contributed by atoms with Crippen LogP contribution >= 0.6 is 0 Å². The van der Waals surface area contributed by atoms with E-state index in [4.69, 9.17) is 5.73 Å². The molecule has 7 unspecified atom stereocenters. The van der Waals surface area contributed by atoms with Gasteiger partial charge in [-0.25, -0.2) is 4.79 Å². The van der Waals surface area contributed by atoms with E-state index in [1.807, 2.05) is 38.1 Å². The third kappa shape index (κ3) is 12.6. The molecule has 3 aliphatic heterocycles. The fourth-order valence-corrected chi connectivity index (χ4v) is 8.81. The number of carbonyl (C=O) groups is 8. The number of hydrogen-bond donors (Lipinski definition) is 6. The largest absolute Gasteiger partial charge is 0.480 e. The van der Waals surface area contributed by atoms with Gasteiger partial charge in [0.1, 0.15) is 42.3 Å². The number of likely N-dealkylation sites (tertiary alicyclic amines) is 3. The van der Waals surface area contributed by atoms with Crippen LogP contribution in [0.5, 0.6) is 0 Å². The van der Waals surface area contributed by atoms with Crippen molar-refractivity contribution in [3.8, 4) is 0 Å². The molecule has 0 aromatic heterocycles. The molecule has 2 aromatic carbocycles. The van der Waals surface area contributed by atoms with Crippen LogP contribution < -0.4 is 27.0 Å². The molecule has 7 atom stereocenters. The number of nitrogens with zero attached hydrogens (tertiary/aromatic N) is 3. The van der Waals surface area contributed by atoms with Crippen molar-refractivity contribution in [2.75, 3.05) is 26.2 Å². The average molecular weight is 873 g/mol. The van der Waals surface area contributed by atoms with Gasteiger partial charge >= 0.3 is 5.97 Å². The second kappa shape index (κ2) is 22.5. The van der Waals surface area contributed by atoms with Crippen molar-refractivity contribution in [3.05, 3.63) is 71.8 Å². The summed E-state index contributed by atoms with van der Waals surface area (Å²) in [6.07, 6.45) is 3.02. The van der Waals surface area contributed by atoms with Crippen molar-refractivity contribution in [2.24, 2.45) is 17.6 Å². The van der Waals surface area contributed by atoms with Crippen molar-refractivity contribution in [2.45, 2.75) is 128 Å². The molecule has 342 valence electrons. The van der Waals surface area contributed by atoms with Gasteiger partial charge in [0.25, 0.3) is 0 Å². The van der Waals surface area contributed by atoms with Crippen LogP contribution in [0.25, 0.3) is 0 Å². The van der Waals surface area contributed by atoms with Gasteiger partial charge in [-0.1, -0.05) is 88.4 Å². The number of carboxylic acid groups (broad SMARTS) is 1. The molecule has 5 rings (SSSR count). The predicted octanol–water partition coefficient (Wildman–Crippen LogP) is 1.13. The Kier molecular flexibility index (Phi) is 17.2. The number of hydrogen-bond acceptors (Lipinski definition) is 9. The highest BCUT2D eigenvalue weighted by atomic mass is 16.4. The van der Waals surface area contributed by atoms with Gasteiger partial charge in [0.15, 0.2) is 0 Å². The first-order valence-corrected chi connectivity index (χ1v) is 22.2. The van der Waals surface area contributed by atoms with Crippen LogP contribution in [0.1, 0.15) is 83.8 Å². The minimum atomic E-state index is -1.21. The number of aliphatic carboxylic acids is 1. The summed E-state index contributed by atoms with van der Waals surface area (Å²) >= 11 is 0. The highest BCUT2D eigenvalue weighted by molar-refractivity contribution is 5.98. The summed E-state index contributed by atoms with van der Waals surface area (Å²) in [6, 6.07) is 10.9. The topological polar surface area (TPSA) is 241 Å². The molecule has 0 bridgehead atoms. The first kappa shape index (κ1) is 48.2. The Morgan fingerprint density at radius 1 is 0.603 bits per heavy atom. The second-order valence-electron chi connectivity index (χ2n) is 17.6. The molecule has 3 aliphatic rings. The molecular weight excluding hydrogens is 809 g/mol. The monoisotopic (exact) mass is 872 g/mol. The normalized spacial score (nSPS) is 20.5. The van der Waals surface area contributed by atoms with Crippen LogP contribution in [0.4, 0.5) is 0 Å². The van der Waals surface area contributed by atoms with Crippen LogP contribution in [0.2, 0.25) is 0 Å². The lowest BCUT2D eigenvalue weighted by molar-refractivity contribution is -0.149. The minimum Gasteiger partial charge on any atom is -0.480 e. The van der Waals surface area contributed by atoms with Crippen LogP contribution in [0.15, 0.2) is 60.7 Å². The SMILES string of the molecule is CC(C)CC(NC(=O)C1CCCN1C(=O)C(NC(=O)C1CCCN1C(=O)CN)C(C)C)C(=O)NC(Cc1ccccc1)C(=O)NC(Cc1ccccc1)C(=O)N1CCCC1C(=O)O. The number of carboxylic acids is 1. The molecule has 17 nitrogen and oxygen atoms in total. The predicted molar refractivity (Wildman–Crippen MR) is 233 cm³/mol. The molecule has 0 aliphatic carbocycles. The maximum atomic E-state index is 14.4. The Balaban J connectivity index is 1.33. The number of benzene rings is 2. The molecule has 0 radical (unpaired) electrons. The zero-order chi connectivity index (χ0) is 45.8. The van der Waals surface area contributed by atoms with Crippen molar-refractivity contribution in [3.63, 3.8) is 0 Å². The third-order valence-electron chi connectivity index (χ3n) is 12.1. The zero-order valence-corrected chi connectivity index (χ0v) is 36.8. The molecule has 0 saturated carbocycles. The highest BCUT2D eigenvalue weighted by Gasteiger charge is 2.43. The maximum absolute atomic E-state index is 14.4. The summed E-state index contributed by atoms with van der Waals surface area (Å²) < 4.78 is 0. The lowest BCUT2D eigenvalue weighted by atomic mass is 9.99. The number of nitrogens with two attached hydrogens (primary N) is 1. The van der Waals surface area contributed by atoms with E-state index in [0.717, 1.165) is 11.1 Å². The number of carbonyl (C=O) groups excluding carboxylic acids is 7. The first-order valence-electron chi connectivity index (χ1n) is 22.2. The Hall–Kier alpha value is -5.84. The summed E-state index contributed by atoms with van der Waals surface area (Å²) in [7, 11) is 0. The first-order chi connectivity index (χ1) is 30.1. The summed E-state index contributed by atoms with van der Waals surface area (Å²) in [5.41, 5.74) is 7.04. The standard InChI is InChI=1S/C46H64N8O9/c1-28(2)24-32(49-42(58)36-19-12-22-53(36)45(61)39(29(3)4)51-43(59)35-18-11-21-52(35)38(55)27-47)40(56)48-33(25-30-14-7-5-8-15-30)41(57)50-34(26-31-16-9-6-10-17-31)44(60)54-23-13-20-37(54)46(62)63/h5-10,14-17,28-29,32-37,39H,11-13,18-27,47H2,1-4H3,(H,48,56)(H,49,58)(H,50,57)(H,51,59)(H,62,63). The van der Waals surface area contributed by atoms with Crippen LogP contribution in [-0.2, 0) is 51.2 Å². The van der Waals surface area contributed by atoms with E-state index in [9.17, 15) is 43.5 Å². The molecule has 3 saturated heterocycles. The quantitative estimate of drug-likeness (QED) is 0.118. The molecule has 7 N–H and O–H groups in total. The Morgan fingerprint density at radius 3 is 1.59 bits per heavy atom. The molecular formula is C46H64N8O9. The van der Waals surface area contributed by atoms with Crippen LogP contribution in [0, 0.1) is 11.8 Å². The fourth-order valence-electron chi connectivity index (χ4n) is 8.81. The van der Waals surface area contributed by atoms with E-state index in [1.54, 1.807) is 50.2 Å². The van der Waals surface area contributed by atoms with Gasteiger partial charge in [0, 0.05) is 32.5 Å². The van der Waals surface area contributed by atoms with E-state index >= 15 is 0 Å². The molecule has 2 aromatic rings. The van der Waals surface area contributed by atoms with E-state index < -0.39 is 83.7 Å². The third-order valence-corrected chi connectivity index (χ3v) is 12.1. The van der Waals surface area contributed by atoms with Crippen LogP contribution in [0.3, 0.4) is 0 Å². The van der Waals surface area contributed by atoms with E-state index in [1.165, 1.54) is 14.7 Å². The van der Waals surface area contributed by atoms with Crippen molar-refractivity contribution >= 4 is 47.3 Å². The van der Waals surface area contributed by atoms with Gasteiger partial charge in [0.2, 0.25) is 41.4 Å². The van der Waals surface area contributed by atoms with Gasteiger partial charge in [-0.2, -0.15) is 0 Å². The molecule has 17 heteroatoms. The summed E-state index contributed by atoms with van der Waals surface area (Å²) in [4.78, 5) is 113. The fraction of sp³-hybridized carbons (Fsp3) is 0.565. The van der Waals surface area contributed by atoms with Gasteiger partial charge in [0.05, 0.1) is 6.54 Å². The average Bonchev–Trinajstić information content (AvgIpc) is 4.07. The van der Waals surface area contributed by atoms with Crippen molar-refractivity contribution in [1.29, 1.82) is 0 Å². The zero-order valence-electron chi connectivity index (χ0n) is 36.8. The number of nitrogens with one attached hydrogen (secondary N) is 4. The summed E-state index contributed by atoms with van der Waals surface area (Å²) in [5.74, 6) is -5.20. The molecule has 3 fully saturated rings. The molecule has 0 spiro atoms. The summed E-state index contributed by atoms with van der Waals surface area (Å²) in [6.45, 7) is 7.99. The van der Waals surface area contributed by atoms with Gasteiger partial charge in [-0.3, -0.25) is 33.6 Å². The van der Waals surface area contributed by atoms with E-state index in [2.05, 4.69) is 21.3 Å². The minimum absolute atomic E-state index is 0.0423. The van der Waals surface area contributed by atoms with E-state index in [-0.39, 0.29) is 56.6 Å². The Morgan fingerprint density at radius 2 is 1.06 bits per heavy atom. The van der Waals surface area contributed by atoms with Crippen LogP contribution in [-0.4, -0.2) is 136 Å².